The van der Waals surface area contributed by atoms with Crippen molar-refractivity contribution in [3.05, 3.63) is 106 Å². The molecular formula is C29H25N5O3. The first-order valence-electron chi connectivity index (χ1n) is 11.8. The van der Waals surface area contributed by atoms with Crippen LogP contribution in [0.25, 0.3) is 0 Å². The average Bonchev–Trinajstić information content (AvgIpc) is 3.09. The number of aromatic nitrogens is 2. The summed E-state index contributed by atoms with van der Waals surface area (Å²) < 4.78 is 0. The Bertz CT molecular complexity index is 1570. The molecule has 2 N–H and O–H groups in total. The molecule has 0 aliphatic carbocycles. The first-order valence-corrected chi connectivity index (χ1v) is 11.8. The van der Waals surface area contributed by atoms with Crippen molar-refractivity contribution in [1.82, 2.24) is 9.97 Å². The van der Waals surface area contributed by atoms with E-state index in [-0.39, 0.29) is 16.7 Å². The van der Waals surface area contributed by atoms with Gasteiger partial charge in [-0.2, -0.15) is 0 Å². The quantitative estimate of drug-likeness (QED) is 0.357. The lowest BCUT2D eigenvalue weighted by molar-refractivity contribution is 0.0925. The van der Waals surface area contributed by atoms with Crippen LogP contribution in [0.1, 0.15) is 53.6 Å². The van der Waals surface area contributed by atoms with Gasteiger partial charge in [-0.25, -0.2) is 14.9 Å². The van der Waals surface area contributed by atoms with Crippen LogP contribution in [-0.2, 0) is 0 Å². The molecular weight excluding hydrogens is 466 g/mol. The molecule has 1 aliphatic heterocycles. The smallest absolute Gasteiger partial charge is 0.266 e. The lowest BCUT2D eigenvalue weighted by atomic mass is 10.1. The summed E-state index contributed by atoms with van der Waals surface area (Å²) in [5, 5.41) is 6.01. The van der Waals surface area contributed by atoms with Gasteiger partial charge in [0.25, 0.3) is 17.7 Å². The topological polar surface area (TPSA) is 104 Å². The molecule has 1 aromatic heterocycles. The van der Waals surface area contributed by atoms with Gasteiger partial charge in [0.15, 0.2) is 0 Å². The van der Waals surface area contributed by atoms with Crippen LogP contribution in [-0.4, -0.2) is 27.7 Å². The van der Waals surface area contributed by atoms with E-state index in [4.69, 9.17) is 0 Å². The van der Waals surface area contributed by atoms with Gasteiger partial charge in [0, 0.05) is 28.3 Å². The molecule has 0 saturated heterocycles. The van der Waals surface area contributed by atoms with E-state index in [2.05, 4.69) is 20.6 Å². The normalized spacial score (nSPS) is 12.5. The standard InChI is InChI=1S/C29H25N5O3/c1-16-8-9-17(2)25(12-16)34-27(36)23-11-10-20(14-24(23)28(34)37)26(35)32-21-6-5-7-22(15-21)33-29-30-18(3)13-19(4)31-29/h5-15H,1-4H3,(H,32,35)(H,30,31,33). The number of imide groups is 1. The van der Waals surface area contributed by atoms with E-state index >= 15 is 0 Å². The fraction of sp³-hybridized carbons (Fsp3) is 0.138. The van der Waals surface area contributed by atoms with Crippen LogP contribution < -0.4 is 15.5 Å². The van der Waals surface area contributed by atoms with E-state index in [0.717, 1.165) is 22.5 Å². The molecule has 0 radical (unpaired) electrons. The lowest BCUT2D eigenvalue weighted by Crippen LogP contribution is -2.30. The number of carbonyl (C=O) groups is 3. The summed E-state index contributed by atoms with van der Waals surface area (Å²) in [5.74, 6) is -0.764. The maximum Gasteiger partial charge on any atom is 0.266 e. The molecule has 8 nitrogen and oxygen atoms in total. The van der Waals surface area contributed by atoms with Gasteiger partial charge in [-0.15, -0.1) is 0 Å². The van der Waals surface area contributed by atoms with Gasteiger partial charge < -0.3 is 10.6 Å². The van der Waals surface area contributed by atoms with Crippen LogP contribution in [0.5, 0.6) is 0 Å². The van der Waals surface area contributed by atoms with Crippen molar-refractivity contribution in [2.75, 3.05) is 15.5 Å². The number of hydrogen-bond acceptors (Lipinski definition) is 6. The number of aryl methyl sites for hydroxylation is 4. The molecule has 0 bridgehead atoms. The Morgan fingerprint density at radius 2 is 1.46 bits per heavy atom. The van der Waals surface area contributed by atoms with E-state index in [1.54, 1.807) is 24.3 Å². The van der Waals surface area contributed by atoms with E-state index in [9.17, 15) is 14.4 Å². The van der Waals surface area contributed by atoms with Gasteiger partial charge in [0.1, 0.15) is 0 Å². The maximum absolute atomic E-state index is 13.2. The van der Waals surface area contributed by atoms with Crippen molar-refractivity contribution < 1.29 is 14.4 Å². The zero-order valence-electron chi connectivity index (χ0n) is 20.9. The van der Waals surface area contributed by atoms with Gasteiger partial charge in [-0.05, 0) is 87.4 Å². The molecule has 0 saturated carbocycles. The Morgan fingerprint density at radius 3 is 2.22 bits per heavy atom. The average molecular weight is 492 g/mol. The highest BCUT2D eigenvalue weighted by Gasteiger charge is 2.37. The third-order valence-electron chi connectivity index (χ3n) is 6.11. The molecule has 2 heterocycles. The molecule has 3 aromatic carbocycles. The van der Waals surface area contributed by atoms with Crippen LogP contribution in [0, 0.1) is 27.7 Å². The number of amides is 3. The van der Waals surface area contributed by atoms with Crippen LogP contribution in [0.4, 0.5) is 23.0 Å². The number of benzene rings is 3. The monoisotopic (exact) mass is 491 g/mol. The van der Waals surface area contributed by atoms with E-state index < -0.39 is 17.7 Å². The van der Waals surface area contributed by atoms with E-state index in [0.29, 0.717) is 23.0 Å². The fourth-order valence-electron chi connectivity index (χ4n) is 4.35. The van der Waals surface area contributed by atoms with Gasteiger partial charge in [-0.1, -0.05) is 18.2 Å². The van der Waals surface area contributed by atoms with E-state index in [1.807, 2.05) is 58.0 Å². The Kier molecular flexibility index (Phi) is 6.01. The minimum atomic E-state index is -0.442. The van der Waals surface area contributed by atoms with Crippen molar-refractivity contribution in [3.63, 3.8) is 0 Å². The molecule has 3 amide bonds. The van der Waals surface area contributed by atoms with Gasteiger partial charge in [-0.3, -0.25) is 14.4 Å². The van der Waals surface area contributed by atoms with Crippen LogP contribution >= 0.6 is 0 Å². The predicted octanol–water partition coefficient (Wildman–Crippen LogP) is 5.51. The highest BCUT2D eigenvalue weighted by atomic mass is 16.2. The molecule has 1 aliphatic rings. The largest absolute Gasteiger partial charge is 0.324 e. The number of anilines is 4. The minimum Gasteiger partial charge on any atom is -0.324 e. The molecule has 37 heavy (non-hydrogen) atoms. The molecule has 0 spiro atoms. The van der Waals surface area contributed by atoms with E-state index in [1.165, 1.54) is 17.0 Å². The van der Waals surface area contributed by atoms with Crippen molar-refractivity contribution in [2.24, 2.45) is 0 Å². The fourth-order valence-corrected chi connectivity index (χ4v) is 4.35. The Labute approximate surface area is 214 Å². The number of fused-ring (bicyclic) bond motifs is 1. The summed E-state index contributed by atoms with van der Waals surface area (Å²) in [6.07, 6.45) is 0. The lowest BCUT2D eigenvalue weighted by Gasteiger charge is -2.17. The molecule has 0 unspecified atom stereocenters. The van der Waals surface area contributed by atoms with Crippen molar-refractivity contribution >= 4 is 40.7 Å². The summed E-state index contributed by atoms with van der Waals surface area (Å²) in [4.78, 5) is 49.3. The van der Waals surface area contributed by atoms with Gasteiger partial charge in [0.2, 0.25) is 5.95 Å². The Morgan fingerprint density at radius 1 is 0.757 bits per heavy atom. The maximum atomic E-state index is 13.2. The number of carbonyl (C=O) groups excluding carboxylic acids is 3. The number of nitrogens with zero attached hydrogens (tertiary/aromatic N) is 3. The summed E-state index contributed by atoms with van der Waals surface area (Å²) >= 11 is 0. The van der Waals surface area contributed by atoms with Crippen LogP contribution in [0.15, 0.2) is 66.7 Å². The third kappa shape index (κ3) is 4.69. The first kappa shape index (κ1) is 23.9. The third-order valence-corrected chi connectivity index (χ3v) is 6.11. The second kappa shape index (κ2) is 9.31. The summed E-state index contributed by atoms with van der Waals surface area (Å²) in [6.45, 7) is 7.55. The van der Waals surface area contributed by atoms with Gasteiger partial charge >= 0.3 is 0 Å². The van der Waals surface area contributed by atoms with Gasteiger partial charge in [0.05, 0.1) is 16.8 Å². The van der Waals surface area contributed by atoms with Crippen LogP contribution in [0.3, 0.4) is 0 Å². The molecule has 0 atom stereocenters. The van der Waals surface area contributed by atoms with Crippen molar-refractivity contribution in [3.8, 4) is 0 Å². The number of nitrogens with one attached hydrogen (secondary N) is 2. The van der Waals surface area contributed by atoms with Crippen molar-refractivity contribution in [2.45, 2.75) is 27.7 Å². The molecule has 4 aromatic rings. The minimum absolute atomic E-state index is 0.209. The second-order valence-electron chi connectivity index (χ2n) is 9.13. The summed E-state index contributed by atoms with van der Waals surface area (Å²) in [5.41, 5.74) is 6.04. The SMILES string of the molecule is Cc1ccc(C)c(N2C(=O)c3ccc(C(=O)Nc4cccc(Nc5nc(C)cc(C)n5)c4)cc3C2=O)c1. The zero-order chi connectivity index (χ0) is 26.3. The molecule has 0 fully saturated rings. The highest BCUT2D eigenvalue weighted by molar-refractivity contribution is 6.35. The Balaban J connectivity index is 1.36. The second-order valence-corrected chi connectivity index (χ2v) is 9.13. The first-order chi connectivity index (χ1) is 17.7. The van der Waals surface area contributed by atoms with Crippen molar-refractivity contribution in [1.29, 1.82) is 0 Å². The number of hydrogen-bond donors (Lipinski definition) is 2. The summed E-state index contributed by atoms with van der Waals surface area (Å²) in [7, 11) is 0. The Hall–Kier alpha value is -4.85. The highest BCUT2D eigenvalue weighted by Crippen LogP contribution is 2.32. The number of rotatable bonds is 5. The molecule has 8 heteroatoms. The zero-order valence-corrected chi connectivity index (χ0v) is 20.9. The van der Waals surface area contributed by atoms with Crippen LogP contribution in [0.2, 0.25) is 0 Å². The summed E-state index contributed by atoms with van der Waals surface area (Å²) in [6, 6.07) is 19.2. The molecule has 184 valence electrons. The molecule has 5 rings (SSSR count). The predicted molar refractivity (Wildman–Crippen MR) is 143 cm³/mol.